The van der Waals surface area contributed by atoms with Crippen LogP contribution in [0.25, 0.3) is 11.1 Å². The summed E-state index contributed by atoms with van der Waals surface area (Å²) in [6, 6.07) is 14.5. The molecule has 1 aliphatic rings. The van der Waals surface area contributed by atoms with Crippen molar-refractivity contribution in [1.82, 2.24) is 0 Å². The summed E-state index contributed by atoms with van der Waals surface area (Å²) in [7, 11) is 0. The second kappa shape index (κ2) is 6.25. The smallest absolute Gasteiger partial charge is 0.0159 e. The van der Waals surface area contributed by atoms with Gasteiger partial charge in [0.15, 0.2) is 0 Å². The monoisotopic (exact) mass is 348 g/mol. The maximum absolute atomic E-state index is 2.51. The van der Waals surface area contributed by atoms with Crippen LogP contribution in [0, 0.1) is 0 Å². The Hall–Kier alpha value is -1.56. The lowest BCUT2D eigenvalue weighted by Gasteiger charge is -2.30. The summed E-state index contributed by atoms with van der Waals surface area (Å²) < 4.78 is 0. The van der Waals surface area contributed by atoms with Gasteiger partial charge in [-0.15, -0.1) is 0 Å². The minimum atomic E-state index is 0.0723. The lowest BCUT2D eigenvalue weighted by molar-refractivity contribution is 0.438. The highest BCUT2D eigenvalue weighted by atomic mass is 14.4. The van der Waals surface area contributed by atoms with E-state index in [2.05, 4.69) is 91.8 Å². The van der Waals surface area contributed by atoms with Crippen molar-refractivity contribution in [1.29, 1.82) is 0 Å². The molecule has 0 aliphatic heterocycles. The third-order valence-corrected chi connectivity index (χ3v) is 7.60. The molecule has 3 rings (SSSR count). The van der Waals surface area contributed by atoms with Crippen LogP contribution in [0.4, 0.5) is 0 Å². The number of hydrogen-bond acceptors (Lipinski definition) is 0. The summed E-state index contributed by atoms with van der Waals surface area (Å²) in [4.78, 5) is 0. The van der Waals surface area contributed by atoms with Crippen LogP contribution in [-0.4, -0.2) is 0 Å². The van der Waals surface area contributed by atoms with Gasteiger partial charge in [0.05, 0.1) is 0 Å². The van der Waals surface area contributed by atoms with Crippen molar-refractivity contribution in [3.8, 4) is 11.1 Å². The van der Waals surface area contributed by atoms with E-state index in [-0.39, 0.29) is 16.2 Å². The zero-order valence-corrected chi connectivity index (χ0v) is 18.1. The van der Waals surface area contributed by atoms with Gasteiger partial charge in [0.1, 0.15) is 0 Å². The van der Waals surface area contributed by atoms with Gasteiger partial charge in [-0.05, 0) is 63.5 Å². The van der Waals surface area contributed by atoms with Crippen molar-refractivity contribution in [2.45, 2.75) is 90.9 Å². The summed E-state index contributed by atoms with van der Waals surface area (Å²) in [5.41, 5.74) is 9.41. The average molecular weight is 349 g/mol. The topological polar surface area (TPSA) is 0 Å². The standard InChI is InChI=1S/C26H36/c1-9-24(4,5)18-12-14-20-21-15-13-19(26(8,10-2)11-3)17-23(21)25(6,7)22(20)16-18/h12-17H,9-11H2,1-8H3. The second-order valence-corrected chi connectivity index (χ2v) is 9.65. The first-order chi connectivity index (χ1) is 12.1. The van der Waals surface area contributed by atoms with E-state index in [1.54, 1.807) is 0 Å². The van der Waals surface area contributed by atoms with Crippen molar-refractivity contribution < 1.29 is 0 Å². The molecule has 0 saturated carbocycles. The Morgan fingerprint density at radius 2 is 1.15 bits per heavy atom. The van der Waals surface area contributed by atoms with Gasteiger partial charge in [-0.25, -0.2) is 0 Å². The highest BCUT2D eigenvalue weighted by Gasteiger charge is 2.37. The molecular formula is C26H36. The van der Waals surface area contributed by atoms with E-state index in [9.17, 15) is 0 Å². The first-order valence-electron chi connectivity index (χ1n) is 10.4. The first-order valence-corrected chi connectivity index (χ1v) is 10.4. The van der Waals surface area contributed by atoms with Crippen LogP contribution in [-0.2, 0) is 16.2 Å². The molecule has 26 heavy (non-hydrogen) atoms. The van der Waals surface area contributed by atoms with Crippen LogP contribution in [0.2, 0.25) is 0 Å². The van der Waals surface area contributed by atoms with E-state index in [4.69, 9.17) is 0 Å². The van der Waals surface area contributed by atoms with Gasteiger partial charge in [0.2, 0.25) is 0 Å². The van der Waals surface area contributed by atoms with Crippen molar-refractivity contribution in [2.75, 3.05) is 0 Å². The van der Waals surface area contributed by atoms with Gasteiger partial charge in [-0.1, -0.05) is 91.8 Å². The van der Waals surface area contributed by atoms with Crippen LogP contribution in [0.5, 0.6) is 0 Å². The predicted molar refractivity (Wildman–Crippen MR) is 115 cm³/mol. The van der Waals surface area contributed by atoms with Crippen molar-refractivity contribution in [3.05, 3.63) is 58.7 Å². The Kier molecular flexibility index (Phi) is 4.62. The number of hydrogen-bond donors (Lipinski definition) is 0. The van der Waals surface area contributed by atoms with Gasteiger partial charge in [-0.2, -0.15) is 0 Å². The predicted octanol–water partition coefficient (Wildman–Crippen LogP) is 7.76. The van der Waals surface area contributed by atoms with Crippen LogP contribution in [0.15, 0.2) is 36.4 Å². The van der Waals surface area contributed by atoms with E-state index in [1.165, 1.54) is 46.2 Å². The highest BCUT2D eigenvalue weighted by Crippen LogP contribution is 2.51. The Morgan fingerprint density at radius 1 is 0.692 bits per heavy atom. The van der Waals surface area contributed by atoms with Gasteiger partial charge >= 0.3 is 0 Å². The summed E-state index contributed by atoms with van der Waals surface area (Å²) in [5.74, 6) is 0. The van der Waals surface area contributed by atoms with Gasteiger partial charge in [0.25, 0.3) is 0 Å². The molecule has 0 spiro atoms. The summed E-state index contributed by atoms with van der Waals surface area (Å²) in [6.45, 7) is 18.8. The maximum Gasteiger partial charge on any atom is 0.0159 e. The third-order valence-electron chi connectivity index (χ3n) is 7.60. The summed E-state index contributed by atoms with van der Waals surface area (Å²) in [6.07, 6.45) is 3.53. The number of rotatable bonds is 5. The Morgan fingerprint density at radius 3 is 1.62 bits per heavy atom. The van der Waals surface area contributed by atoms with E-state index >= 15 is 0 Å². The minimum absolute atomic E-state index is 0.0723. The molecule has 0 nitrogen and oxygen atoms in total. The van der Waals surface area contributed by atoms with E-state index in [0.717, 1.165) is 6.42 Å². The molecule has 0 heteroatoms. The number of fused-ring (bicyclic) bond motifs is 3. The molecule has 0 atom stereocenters. The normalized spacial score (nSPS) is 15.7. The summed E-state index contributed by atoms with van der Waals surface area (Å²) in [5, 5.41) is 0. The molecule has 0 unspecified atom stereocenters. The molecule has 1 aliphatic carbocycles. The number of benzene rings is 2. The Balaban J connectivity index is 2.16. The quantitative estimate of drug-likeness (QED) is 0.518. The zero-order chi connectivity index (χ0) is 19.3. The van der Waals surface area contributed by atoms with Crippen LogP contribution in [0.1, 0.15) is 96.9 Å². The zero-order valence-electron chi connectivity index (χ0n) is 18.1. The SMILES string of the molecule is CCC(C)(C)c1ccc2c(c1)C(C)(C)c1cc(C(C)(CC)CC)ccc1-2. The van der Waals surface area contributed by atoms with Crippen molar-refractivity contribution in [3.63, 3.8) is 0 Å². The fourth-order valence-corrected chi connectivity index (χ4v) is 4.40. The van der Waals surface area contributed by atoms with Crippen LogP contribution < -0.4 is 0 Å². The summed E-state index contributed by atoms with van der Waals surface area (Å²) >= 11 is 0. The van der Waals surface area contributed by atoms with Gasteiger partial charge in [-0.3, -0.25) is 0 Å². The Bertz CT molecular complexity index is 816. The van der Waals surface area contributed by atoms with E-state index in [0.29, 0.717) is 0 Å². The molecule has 0 aromatic heterocycles. The molecule has 0 fully saturated rings. The van der Waals surface area contributed by atoms with Crippen LogP contribution in [0.3, 0.4) is 0 Å². The maximum atomic E-state index is 2.51. The first kappa shape index (κ1) is 19.2. The van der Waals surface area contributed by atoms with E-state index in [1.807, 2.05) is 0 Å². The molecule has 140 valence electrons. The molecule has 0 amide bonds. The highest BCUT2D eigenvalue weighted by molar-refractivity contribution is 5.81. The van der Waals surface area contributed by atoms with Gasteiger partial charge in [0, 0.05) is 5.41 Å². The molecule has 0 radical (unpaired) electrons. The van der Waals surface area contributed by atoms with Gasteiger partial charge < -0.3 is 0 Å². The lowest BCUT2D eigenvalue weighted by atomic mass is 9.74. The molecule has 2 aromatic rings. The largest absolute Gasteiger partial charge is 0.0646 e. The molecule has 0 bridgehead atoms. The third kappa shape index (κ3) is 2.73. The fourth-order valence-electron chi connectivity index (χ4n) is 4.40. The molecule has 0 heterocycles. The van der Waals surface area contributed by atoms with Crippen molar-refractivity contribution in [2.24, 2.45) is 0 Å². The van der Waals surface area contributed by atoms with Crippen LogP contribution >= 0.6 is 0 Å². The molecule has 0 saturated heterocycles. The average Bonchev–Trinajstić information content (AvgIpc) is 2.88. The molecule has 2 aromatic carbocycles. The minimum Gasteiger partial charge on any atom is -0.0646 e. The molecular weight excluding hydrogens is 312 g/mol. The Labute approximate surface area is 161 Å². The lowest BCUT2D eigenvalue weighted by Crippen LogP contribution is -2.22. The van der Waals surface area contributed by atoms with Crippen molar-refractivity contribution >= 4 is 0 Å². The fraction of sp³-hybridized carbons (Fsp3) is 0.538. The molecule has 0 N–H and O–H groups in total. The second-order valence-electron chi connectivity index (χ2n) is 9.65. The van der Waals surface area contributed by atoms with E-state index < -0.39 is 0 Å².